The average molecular weight is 360 g/mol. The third kappa shape index (κ3) is 8.26. The van der Waals surface area contributed by atoms with Crippen molar-refractivity contribution in [2.75, 3.05) is 0 Å². The molecule has 0 atom stereocenters. The van der Waals surface area contributed by atoms with E-state index in [1.54, 1.807) is 17.6 Å². The number of hydrogen-bond donors (Lipinski definition) is 3. The monoisotopic (exact) mass is 359 g/mol. The van der Waals surface area contributed by atoms with Crippen LogP contribution in [0, 0.1) is 0 Å². The van der Waals surface area contributed by atoms with Crippen molar-refractivity contribution >= 4 is 34.0 Å². The minimum atomic E-state index is -0.383. The van der Waals surface area contributed by atoms with Gasteiger partial charge in [-0.1, -0.05) is 12.8 Å². The molecule has 1 aromatic heterocycles. The molecule has 0 saturated heterocycles. The number of carbonyl (C=O) groups is 2. The summed E-state index contributed by atoms with van der Waals surface area (Å²) >= 11 is 3.17. The lowest BCUT2D eigenvalue weighted by atomic mass is 10.1. The second-order valence-corrected chi connectivity index (χ2v) is 5.17. The van der Waals surface area contributed by atoms with Gasteiger partial charge in [0.25, 0.3) is 0 Å². The van der Waals surface area contributed by atoms with Crippen molar-refractivity contribution < 1.29 is 19.2 Å². The highest BCUT2D eigenvalue weighted by molar-refractivity contribution is 9.10. The molecule has 8 heteroatoms. The maximum Gasteiger partial charge on any atom is 0.243 e. The number of furan rings is 1. The number of nitrogens with zero attached hydrogens (tertiary/aromatic N) is 1. The van der Waals surface area contributed by atoms with Gasteiger partial charge in [0.05, 0.1) is 6.21 Å². The van der Waals surface area contributed by atoms with Crippen molar-refractivity contribution in [1.29, 1.82) is 0 Å². The molecule has 7 nitrogen and oxygen atoms in total. The van der Waals surface area contributed by atoms with E-state index in [0.29, 0.717) is 29.7 Å². The summed E-state index contributed by atoms with van der Waals surface area (Å²) in [5, 5.41) is 12.1. The fraction of sp³-hybridized carbons (Fsp3) is 0.462. The van der Waals surface area contributed by atoms with Crippen LogP contribution in [-0.4, -0.2) is 23.2 Å². The maximum atomic E-state index is 11.5. The Balaban J connectivity index is 2.04. The Morgan fingerprint density at radius 1 is 1.19 bits per heavy atom. The molecule has 0 bridgehead atoms. The van der Waals surface area contributed by atoms with Gasteiger partial charge in [-0.25, -0.2) is 10.9 Å². The number of halogens is 1. The summed E-state index contributed by atoms with van der Waals surface area (Å²) in [6.07, 6.45) is 5.21. The van der Waals surface area contributed by atoms with Crippen LogP contribution < -0.4 is 10.9 Å². The van der Waals surface area contributed by atoms with Crippen molar-refractivity contribution in [2.45, 2.75) is 38.5 Å². The summed E-state index contributed by atoms with van der Waals surface area (Å²) in [5.74, 6) is 0.000881. The van der Waals surface area contributed by atoms with E-state index in [-0.39, 0.29) is 11.8 Å². The van der Waals surface area contributed by atoms with Crippen molar-refractivity contribution in [1.82, 2.24) is 10.9 Å². The molecule has 0 radical (unpaired) electrons. The van der Waals surface area contributed by atoms with E-state index in [1.165, 1.54) is 6.21 Å². The lowest BCUT2D eigenvalue weighted by Gasteiger charge is -2.01. The molecule has 2 amide bonds. The van der Waals surface area contributed by atoms with Crippen molar-refractivity contribution in [3.8, 4) is 0 Å². The van der Waals surface area contributed by atoms with Crippen molar-refractivity contribution in [3.63, 3.8) is 0 Å². The van der Waals surface area contributed by atoms with Crippen LogP contribution in [0.5, 0.6) is 0 Å². The molecule has 1 aromatic rings. The van der Waals surface area contributed by atoms with E-state index in [1.807, 2.05) is 0 Å². The van der Waals surface area contributed by atoms with Gasteiger partial charge >= 0.3 is 0 Å². The number of nitrogens with one attached hydrogen (secondary N) is 2. The number of hydrogen-bond acceptors (Lipinski definition) is 5. The maximum absolute atomic E-state index is 11.5. The Kier molecular flexibility index (Phi) is 8.37. The highest BCUT2D eigenvalue weighted by Gasteiger charge is 2.01. The minimum Gasteiger partial charge on any atom is -0.448 e. The van der Waals surface area contributed by atoms with Gasteiger partial charge in [-0.3, -0.25) is 14.8 Å². The molecular weight excluding hydrogens is 342 g/mol. The molecule has 3 N–H and O–H groups in total. The summed E-state index contributed by atoms with van der Waals surface area (Å²) in [7, 11) is 0. The highest BCUT2D eigenvalue weighted by Crippen LogP contribution is 2.12. The average Bonchev–Trinajstić information content (AvgIpc) is 2.88. The largest absolute Gasteiger partial charge is 0.448 e. The summed E-state index contributed by atoms with van der Waals surface area (Å²) < 4.78 is 5.79. The van der Waals surface area contributed by atoms with Crippen LogP contribution in [0.4, 0.5) is 0 Å². The van der Waals surface area contributed by atoms with Gasteiger partial charge in [0, 0.05) is 12.8 Å². The molecular formula is C13H18BrN3O4. The number of hydrazone groups is 1. The molecule has 1 rings (SSSR count). The fourth-order valence-electron chi connectivity index (χ4n) is 1.60. The molecule has 0 aliphatic rings. The van der Waals surface area contributed by atoms with Gasteiger partial charge < -0.3 is 4.42 Å². The van der Waals surface area contributed by atoms with E-state index in [0.717, 1.165) is 19.3 Å². The van der Waals surface area contributed by atoms with Gasteiger partial charge in [0.2, 0.25) is 11.8 Å². The number of amides is 2. The zero-order valence-electron chi connectivity index (χ0n) is 11.5. The first-order valence-electron chi connectivity index (χ1n) is 6.62. The summed E-state index contributed by atoms with van der Waals surface area (Å²) in [4.78, 5) is 22.2. The van der Waals surface area contributed by atoms with E-state index in [2.05, 4.69) is 26.5 Å². The molecule has 21 heavy (non-hydrogen) atoms. The first-order chi connectivity index (χ1) is 10.1. The zero-order valence-corrected chi connectivity index (χ0v) is 13.1. The molecule has 0 aliphatic carbocycles. The number of carbonyl (C=O) groups excluding carboxylic acids is 2. The van der Waals surface area contributed by atoms with Gasteiger partial charge in [-0.15, -0.1) is 0 Å². The van der Waals surface area contributed by atoms with Crippen LogP contribution in [0.15, 0.2) is 26.3 Å². The van der Waals surface area contributed by atoms with Gasteiger partial charge in [0.1, 0.15) is 5.76 Å². The predicted octanol–water partition coefficient (Wildman–Crippen LogP) is 2.34. The highest BCUT2D eigenvalue weighted by atomic mass is 79.9. The standard InChI is InChI=1S/C13H18BrN3O4/c14-11-8-7-10(21-11)9-15-16-12(18)5-3-1-2-4-6-13(19)17-20/h7-9,20H,1-6H2,(H,16,18)(H,17,19)/b15-9+. The third-order valence-corrected chi connectivity index (χ3v) is 3.08. The van der Waals surface area contributed by atoms with E-state index in [4.69, 9.17) is 9.62 Å². The predicted molar refractivity (Wildman–Crippen MR) is 79.8 cm³/mol. The molecule has 0 spiro atoms. The number of unbranched alkanes of at least 4 members (excludes halogenated alkanes) is 3. The van der Waals surface area contributed by atoms with Crippen LogP contribution in [0.25, 0.3) is 0 Å². The van der Waals surface area contributed by atoms with Gasteiger partial charge in [-0.05, 0) is 40.9 Å². The molecule has 0 saturated carbocycles. The third-order valence-electron chi connectivity index (χ3n) is 2.66. The lowest BCUT2D eigenvalue weighted by molar-refractivity contribution is -0.129. The Morgan fingerprint density at radius 3 is 2.43 bits per heavy atom. The Labute approximate surface area is 130 Å². The van der Waals surface area contributed by atoms with Crippen LogP contribution >= 0.6 is 15.9 Å². The zero-order chi connectivity index (χ0) is 15.5. The van der Waals surface area contributed by atoms with Crippen LogP contribution in [0.3, 0.4) is 0 Å². The molecule has 116 valence electrons. The van der Waals surface area contributed by atoms with Crippen molar-refractivity contribution in [3.05, 3.63) is 22.6 Å². The van der Waals surface area contributed by atoms with Gasteiger partial charge in [-0.2, -0.15) is 5.10 Å². The number of rotatable bonds is 9. The fourth-order valence-corrected chi connectivity index (χ4v) is 1.92. The summed E-state index contributed by atoms with van der Waals surface area (Å²) in [6.45, 7) is 0. The van der Waals surface area contributed by atoms with E-state index < -0.39 is 0 Å². The smallest absolute Gasteiger partial charge is 0.243 e. The van der Waals surface area contributed by atoms with E-state index in [9.17, 15) is 9.59 Å². The second-order valence-electron chi connectivity index (χ2n) is 4.38. The van der Waals surface area contributed by atoms with Gasteiger partial charge in [0.15, 0.2) is 4.67 Å². The Hall–Kier alpha value is -1.67. The van der Waals surface area contributed by atoms with Crippen LogP contribution in [0.2, 0.25) is 0 Å². The van der Waals surface area contributed by atoms with E-state index >= 15 is 0 Å². The SMILES string of the molecule is O=C(CCCCCCC(=O)N/N=C/c1ccc(Br)o1)NO. The minimum absolute atomic E-state index is 0.162. The first-order valence-corrected chi connectivity index (χ1v) is 7.41. The molecule has 0 unspecified atom stereocenters. The van der Waals surface area contributed by atoms with Crippen LogP contribution in [-0.2, 0) is 9.59 Å². The lowest BCUT2D eigenvalue weighted by Crippen LogP contribution is -2.18. The number of hydroxylamine groups is 1. The molecule has 0 aliphatic heterocycles. The summed E-state index contributed by atoms with van der Waals surface area (Å²) in [5.41, 5.74) is 4.00. The summed E-state index contributed by atoms with van der Waals surface area (Å²) in [6, 6.07) is 3.46. The normalized spacial score (nSPS) is 10.8. The molecule has 1 heterocycles. The topological polar surface area (TPSA) is 104 Å². The Morgan fingerprint density at radius 2 is 1.86 bits per heavy atom. The second kappa shape index (κ2) is 10.1. The Bertz CT molecular complexity index is 488. The molecule has 0 aromatic carbocycles. The molecule has 0 fully saturated rings. The van der Waals surface area contributed by atoms with Crippen molar-refractivity contribution in [2.24, 2.45) is 5.10 Å². The first kappa shape index (κ1) is 17.4. The quantitative estimate of drug-likeness (QED) is 0.272. The van der Waals surface area contributed by atoms with Crippen LogP contribution in [0.1, 0.15) is 44.3 Å².